The van der Waals surface area contributed by atoms with Crippen molar-refractivity contribution in [3.8, 4) is 0 Å². The second-order valence-electron chi connectivity index (χ2n) is 13.4. The predicted octanol–water partition coefficient (Wildman–Crippen LogP) is 5.29. The van der Waals surface area contributed by atoms with Crippen LogP contribution in [0.2, 0.25) is 0 Å². The Bertz CT molecular complexity index is 1610. The second kappa shape index (κ2) is 11.3. The molecule has 2 unspecified atom stereocenters. The van der Waals surface area contributed by atoms with Crippen LogP contribution in [0.4, 0.5) is 4.79 Å². The smallest absolute Gasteiger partial charge is 0.408 e. The number of aliphatic hydroxyl groups is 1. The number of H-pyrrole nitrogens is 1. The Morgan fingerprint density at radius 3 is 2.40 bits per heavy atom. The molecule has 0 radical (unpaired) electrons. The summed E-state index contributed by atoms with van der Waals surface area (Å²) in [7, 11) is 0. The molecule has 4 N–H and O–H groups in total. The summed E-state index contributed by atoms with van der Waals surface area (Å²) < 4.78 is 6.15. The lowest BCUT2D eigenvalue weighted by Crippen LogP contribution is -2.61. The first-order chi connectivity index (χ1) is 20.9. The monoisotopic (exact) mass is 580 g/mol. The fraction of sp³-hybridized carbons (Fsp3) is 0.457. The largest absolute Gasteiger partial charge is 0.446 e. The van der Waals surface area contributed by atoms with E-state index in [9.17, 15) is 14.7 Å². The third kappa shape index (κ3) is 5.60. The lowest BCUT2D eigenvalue weighted by molar-refractivity contribution is -0.128. The number of ether oxygens (including phenoxy) is 1. The maximum atomic E-state index is 14.0. The van der Waals surface area contributed by atoms with Gasteiger partial charge in [-0.15, -0.1) is 0 Å². The van der Waals surface area contributed by atoms with E-state index < -0.39 is 17.7 Å². The molecule has 4 aliphatic rings. The van der Waals surface area contributed by atoms with Crippen LogP contribution in [-0.2, 0) is 22.4 Å². The van der Waals surface area contributed by atoms with Gasteiger partial charge in [-0.2, -0.15) is 0 Å². The van der Waals surface area contributed by atoms with E-state index in [0.717, 1.165) is 64.9 Å². The lowest BCUT2D eigenvalue weighted by Gasteiger charge is -2.53. The highest BCUT2D eigenvalue weighted by molar-refractivity contribution is 6.07. The van der Waals surface area contributed by atoms with Crippen LogP contribution in [0.1, 0.15) is 50.3 Å². The molecule has 4 bridgehead atoms. The van der Waals surface area contributed by atoms with E-state index in [-0.39, 0.29) is 25.0 Å². The van der Waals surface area contributed by atoms with Crippen LogP contribution in [0.25, 0.3) is 21.8 Å². The van der Waals surface area contributed by atoms with Crippen LogP contribution >= 0.6 is 0 Å². The van der Waals surface area contributed by atoms with Gasteiger partial charge < -0.3 is 25.5 Å². The average molecular weight is 581 g/mol. The summed E-state index contributed by atoms with van der Waals surface area (Å²) in [6.45, 7) is 1.49. The number of rotatable bonds is 9. The van der Waals surface area contributed by atoms with Crippen molar-refractivity contribution in [2.45, 2.75) is 69.6 Å². The molecule has 8 heteroatoms. The van der Waals surface area contributed by atoms with Gasteiger partial charge in [0.1, 0.15) is 11.6 Å². The third-order valence-electron chi connectivity index (χ3n) is 10.1. The molecule has 2 heterocycles. The summed E-state index contributed by atoms with van der Waals surface area (Å²) >= 11 is 0. The number of fused-ring (bicyclic) bond motifs is 3. The topological polar surface area (TPSA) is 116 Å². The van der Waals surface area contributed by atoms with E-state index in [2.05, 4.69) is 26.7 Å². The van der Waals surface area contributed by atoms with Crippen LogP contribution in [0.15, 0.2) is 66.9 Å². The number of carbonyl (C=O) groups is 2. The van der Waals surface area contributed by atoms with Gasteiger partial charge in [-0.1, -0.05) is 48.5 Å². The van der Waals surface area contributed by atoms with Gasteiger partial charge in [-0.25, -0.2) is 4.79 Å². The Kier molecular flexibility index (Phi) is 7.33. The molecule has 4 saturated carbocycles. The van der Waals surface area contributed by atoms with Crippen LogP contribution in [0.5, 0.6) is 0 Å². The first-order valence-corrected chi connectivity index (χ1v) is 15.7. The summed E-state index contributed by atoms with van der Waals surface area (Å²) in [6.07, 6.45) is 7.62. The van der Waals surface area contributed by atoms with Gasteiger partial charge in [-0.05, 0) is 86.8 Å². The average Bonchev–Trinajstić information content (AvgIpc) is 3.36. The molecule has 0 spiro atoms. The number of benzene rings is 2. The lowest BCUT2D eigenvalue weighted by atomic mass is 9.55. The minimum Gasteiger partial charge on any atom is -0.446 e. The highest BCUT2D eigenvalue weighted by Crippen LogP contribution is 2.54. The highest BCUT2D eigenvalue weighted by Gasteiger charge is 2.50. The first kappa shape index (κ1) is 27.9. The standard InChI is InChI=1S/C35H40N4O4/c1-35(33(41)37-27(20-40)16-21-7-3-2-4-8-21,18-26-17-29-28-9-5-6-10-30(28)38-31(29)19-36-26)39-34(42)43-32-24-12-22-11-23(14-24)15-25(32)13-22/h2-10,17,19,22-25,27,32,38,40H,11-16,18,20H2,1H3,(H,37,41)(H,39,42). The van der Waals surface area contributed by atoms with Gasteiger partial charge in [0.25, 0.3) is 0 Å². The molecule has 0 saturated heterocycles. The Morgan fingerprint density at radius 2 is 1.67 bits per heavy atom. The number of aromatic amines is 1. The number of amides is 2. The molecule has 8 rings (SSSR count). The summed E-state index contributed by atoms with van der Waals surface area (Å²) in [5.41, 5.74) is 2.24. The number of alkyl carbamates (subject to hydrolysis) is 1. The van der Waals surface area contributed by atoms with Crippen molar-refractivity contribution in [3.05, 3.63) is 78.1 Å². The molecule has 4 fully saturated rings. The number of para-hydroxylation sites is 1. The Hall–Kier alpha value is -3.91. The molecule has 0 aliphatic heterocycles. The number of hydrogen-bond donors (Lipinski definition) is 4. The fourth-order valence-electron chi connectivity index (χ4n) is 8.28. The third-order valence-corrected chi connectivity index (χ3v) is 10.1. The Morgan fingerprint density at radius 1 is 0.977 bits per heavy atom. The van der Waals surface area contributed by atoms with Gasteiger partial charge in [0.05, 0.1) is 24.4 Å². The molecule has 43 heavy (non-hydrogen) atoms. The van der Waals surface area contributed by atoms with Crippen molar-refractivity contribution in [3.63, 3.8) is 0 Å². The van der Waals surface area contributed by atoms with E-state index in [4.69, 9.17) is 4.74 Å². The quantitative estimate of drug-likeness (QED) is 0.215. The van der Waals surface area contributed by atoms with Gasteiger partial charge in [0.2, 0.25) is 5.91 Å². The molecule has 224 valence electrons. The zero-order valence-corrected chi connectivity index (χ0v) is 24.6. The Balaban J connectivity index is 1.13. The Labute approximate surface area is 251 Å². The molecular weight excluding hydrogens is 540 g/mol. The van der Waals surface area contributed by atoms with Crippen molar-refractivity contribution in [1.29, 1.82) is 0 Å². The number of aliphatic hydroxyl groups excluding tert-OH is 1. The van der Waals surface area contributed by atoms with E-state index >= 15 is 0 Å². The summed E-state index contributed by atoms with van der Waals surface area (Å²) in [6, 6.07) is 19.3. The van der Waals surface area contributed by atoms with Crippen molar-refractivity contribution < 1.29 is 19.4 Å². The summed E-state index contributed by atoms with van der Waals surface area (Å²) in [5.74, 6) is 1.99. The maximum absolute atomic E-state index is 14.0. The van der Waals surface area contributed by atoms with Crippen LogP contribution in [0, 0.1) is 23.7 Å². The predicted molar refractivity (Wildman–Crippen MR) is 165 cm³/mol. The first-order valence-electron chi connectivity index (χ1n) is 15.7. The maximum Gasteiger partial charge on any atom is 0.408 e. The van der Waals surface area contributed by atoms with Crippen LogP contribution < -0.4 is 10.6 Å². The second-order valence-corrected chi connectivity index (χ2v) is 13.4. The van der Waals surface area contributed by atoms with E-state index in [1.54, 1.807) is 13.1 Å². The fourth-order valence-corrected chi connectivity index (χ4v) is 8.28. The minimum absolute atomic E-state index is 0.0934. The van der Waals surface area contributed by atoms with Crippen molar-refractivity contribution in [1.82, 2.24) is 20.6 Å². The van der Waals surface area contributed by atoms with Gasteiger partial charge in [0.15, 0.2) is 0 Å². The SMILES string of the molecule is CC(Cc1cc2c(cn1)[nH]c1ccccc12)(NC(=O)OC1C2CC3CC(C2)CC1C3)C(=O)NC(CO)Cc1ccccc1. The van der Waals surface area contributed by atoms with Crippen molar-refractivity contribution in [2.75, 3.05) is 6.61 Å². The minimum atomic E-state index is -1.36. The number of aromatic nitrogens is 2. The summed E-state index contributed by atoms with van der Waals surface area (Å²) in [4.78, 5) is 35.6. The number of hydrogen-bond acceptors (Lipinski definition) is 5. The number of pyridine rings is 1. The van der Waals surface area contributed by atoms with E-state index in [1.807, 2.05) is 54.6 Å². The van der Waals surface area contributed by atoms with Crippen molar-refractivity contribution in [2.24, 2.45) is 23.7 Å². The van der Waals surface area contributed by atoms with Gasteiger partial charge >= 0.3 is 6.09 Å². The molecular formula is C35H40N4O4. The number of nitrogens with zero attached hydrogens (tertiary/aromatic N) is 1. The molecule has 2 aromatic carbocycles. The van der Waals surface area contributed by atoms with Crippen molar-refractivity contribution >= 4 is 33.8 Å². The van der Waals surface area contributed by atoms with E-state index in [0.29, 0.717) is 24.0 Å². The molecule has 4 aromatic rings. The zero-order valence-electron chi connectivity index (χ0n) is 24.6. The van der Waals surface area contributed by atoms with Crippen LogP contribution in [-0.4, -0.2) is 51.4 Å². The normalized spacial score (nSPS) is 26.2. The van der Waals surface area contributed by atoms with Crippen LogP contribution in [0.3, 0.4) is 0 Å². The number of carbonyl (C=O) groups excluding carboxylic acids is 2. The van der Waals surface area contributed by atoms with E-state index in [1.165, 1.54) is 6.42 Å². The highest BCUT2D eigenvalue weighted by atomic mass is 16.6. The zero-order chi connectivity index (χ0) is 29.6. The summed E-state index contributed by atoms with van der Waals surface area (Å²) in [5, 5.41) is 18.2. The molecule has 8 nitrogen and oxygen atoms in total. The molecule has 2 amide bonds. The molecule has 4 aliphatic carbocycles. The van der Waals surface area contributed by atoms with Gasteiger partial charge in [0, 0.05) is 28.4 Å². The van der Waals surface area contributed by atoms with Gasteiger partial charge in [-0.3, -0.25) is 9.78 Å². The number of nitrogens with one attached hydrogen (secondary N) is 3. The molecule has 2 atom stereocenters. The molecule has 2 aromatic heterocycles.